The summed E-state index contributed by atoms with van der Waals surface area (Å²) in [5.41, 5.74) is 10.6. The van der Waals surface area contributed by atoms with Gasteiger partial charge in [-0.25, -0.2) is 0 Å². The van der Waals surface area contributed by atoms with Crippen LogP contribution in [0.5, 0.6) is 0 Å². The molecular weight excluding hydrogens is 413 g/mol. The predicted octanol–water partition coefficient (Wildman–Crippen LogP) is 5.02. The number of rotatable bonds is 2. The molecule has 0 saturated heterocycles. The van der Waals surface area contributed by atoms with E-state index < -0.39 is 11.8 Å². The molecule has 0 fully saturated rings. The Hall–Kier alpha value is -3.53. The number of pyridine rings is 1. The second-order valence-electron chi connectivity index (χ2n) is 10.4. The lowest BCUT2D eigenvalue weighted by Gasteiger charge is -2.42. The van der Waals surface area contributed by atoms with Gasteiger partial charge < -0.3 is 9.80 Å². The molecule has 4 aromatic rings. The lowest BCUT2D eigenvalue weighted by atomic mass is 9.33. The van der Waals surface area contributed by atoms with Crippen LogP contribution in [-0.2, 0) is 6.37 Å². The average Bonchev–Trinajstić information content (AvgIpc) is 2.87. The maximum Gasteiger partial charge on any atom is 0.252 e. The molecule has 0 bridgehead atoms. The van der Waals surface area contributed by atoms with Crippen LogP contribution < -0.4 is 26.2 Å². The summed E-state index contributed by atoms with van der Waals surface area (Å²) in [6, 6.07) is 25.4. The first-order valence-electron chi connectivity index (χ1n) is 12.9. The topological polar surface area (TPSA) is 19.4 Å². The van der Waals surface area contributed by atoms with Gasteiger partial charge in [0.1, 0.15) is 0 Å². The lowest BCUT2D eigenvalue weighted by molar-refractivity contribution is 0.411. The summed E-state index contributed by atoms with van der Waals surface area (Å²) in [6.07, 6.45) is 0.256. The summed E-state index contributed by atoms with van der Waals surface area (Å²) in [5.74, 6) is 0. The van der Waals surface area contributed by atoms with Gasteiger partial charge in [-0.05, 0) is 70.1 Å². The van der Waals surface area contributed by atoms with Crippen molar-refractivity contribution in [3.63, 3.8) is 0 Å². The first-order valence-corrected chi connectivity index (χ1v) is 11.9. The molecule has 3 nitrogen and oxygen atoms in total. The largest absolute Gasteiger partial charge is 0.345 e. The molecule has 0 saturated carbocycles. The van der Waals surface area contributed by atoms with Crippen LogP contribution in [0.3, 0.4) is 0 Å². The van der Waals surface area contributed by atoms with Gasteiger partial charge in [-0.2, -0.15) is 0 Å². The van der Waals surface area contributed by atoms with E-state index in [1.807, 2.05) is 32.9 Å². The molecule has 0 radical (unpaired) electrons. The van der Waals surface area contributed by atoms with Crippen molar-refractivity contribution in [1.82, 2.24) is 4.98 Å². The molecule has 3 aromatic carbocycles. The van der Waals surface area contributed by atoms with Crippen LogP contribution >= 0.6 is 0 Å². The smallest absolute Gasteiger partial charge is 0.252 e. The van der Waals surface area contributed by atoms with E-state index in [2.05, 4.69) is 84.6 Å². The Balaban J connectivity index is 1.63. The van der Waals surface area contributed by atoms with Crippen LogP contribution in [0.25, 0.3) is 11.3 Å². The number of hydrogen-bond acceptors (Lipinski definition) is 3. The Kier molecular flexibility index (Phi) is 4.15. The van der Waals surface area contributed by atoms with Crippen molar-refractivity contribution in [2.24, 2.45) is 5.41 Å². The second-order valence-corrected chi connectivity index (χ2v) is 10.4. The summed E-state index contributed by atoms with van der Waals surface area (Å²) in [5, 5.41) is 0. The highest BCUT2D eigenvalue weighted by atomic mass is 15.1. The van der Waals surface area contributed by atoms with Gasteiger partial charge in [0.15, 0.2) is 0 Å². The quantitative estimate of drug-likeness (QED) is 0.404. The van der Waals surface area contributed by atoms with Crippen molar-refractivity contribution in [3.8, 4) is 11.3 Å². The summed E-state index contributed by atoms with van der Waals surface area (Å²) < 4.78 is 17.7. The molecule has 0 unspecified atom stereocenters. The van der Waals surface area contributed by atoms with Crippen LogP contribution in [0.2, 0.25) is 0 Å². The van der Waals surface area contributed by atoms with Crippen molar-refractivity contribution < 1.29 is 2.74 Å². The SMILES string of the molecule is [2H]C([2H])(c1ccnc(-c2ccc3c4c2N(C)c2ccccc2B4c2ccccc2N3C)c1)C(C)(C)C. The second kappa shape index (κ2) is 7.49. The monoisotopic (exact) mass is 445 g/mol. The van der Waals surface area contributed by atoms with E-state index in [4.69, 9.17) is 7.73 Å². The molecule has 0 N–H and O–H groups in total. The number of nitrogens with zero attached hydrogens (tertiary/aromatic N) is 3. The molecule has 2 aliphatic heterocycles. The van der Waals surface area contributed by atoms with E-state index in [0.29, 0.717) is 5.56 Å². The number of para-hydroxylation sites is 2. The van der Waals surface area contributed by atoms with Crippen molar-refractivity contribution in [2.45, 2.75) is 27.1 Å². The highest BCUT2D eigenvalue weighted by Crippen LogP contribution is 2.41. The summed E-state index contributed by atoms with van der Waals surface area (Å²) in [4.78, 5) is 9.33. The minimum absolute atomic E-state index is 0.124. The van der Waals surface area contributed by atoms with Gasteiger partial charge in [0.2, 0.25) is 0 Å². The van der Waals surface area contributed by atoms with E-state index in [9.17, 15) is 0 Å². The van der Waals surface area contributed by atoms with Crippen LogP contribution in [-0.4, -0.2) is 25.8 Å². The molecule has 0 atom stereocenters. The number of fused-ring (bicyclic) bond motifs is 4. The van der Waals surface area contributed by atoms with Crippen LogP contribution in [0, 0.1) is 5.41 Å². The maximum atomic E-state index is 8.84. The van der Waals surface area contributed by atoms with Gasteiger partial charge >= 0.3 is 0 Å². The Morgan fingerprint density at radius 2 is 1.47 bits per heavy atom. The van der Waals surface area contributed by atoms with Crippen molar-refractivity contribution >= 4 is 45.9 Å². The zero-order chi connectivity index (χ0) is 25.4. The van der Waals surface area contributed by atoms with Crippen LogP contribution in [0.4, 0.5) is 22.7 Å². The Morgan fingerprint density at radius 1 is 0.824 bits per heavy atom. The molecule has 4 heteroatoms. The maximum absolute atomic E-state index is 8.84. The highest BCUT2D eigenvalue weighted by molar-refractivity contribution is 7.00. The van der Waals surface area contributed by atoms with Gasteiger partial charge in [-0.1, -0.05) is 57.2 Å². The summed E-state index contributed by atoms with van der Waals surface area (Å²) >= 11 is 0. The summed E-state index contributed by atoms with van der Waals surface area (Å²) in [6.45, 7) is 5.95. The molecule has 0 aliphatic carbocycles. The fourth-order valence-electron chi connectivity index (χ4n) is 5.63. The van der Waals surface area contributed by atoms with Crippen LogP contribution in [0.1, 0.15) is 29.1 Å². The molecule has 0 amide bonds. The van der Waals surface area contributed by atoms with Gasteiger partial charge in [-0.15, -0.1) is 0 Å². The van der Waals surface area contributed by atoms with Gasteiger partial charge in [0.05, 0.1) is 5.69 Å². The van der Waals surface area contributed by atoms with E-state index in [-0.39, 0.29) is 6.71 Å². The molecule has 2 aliphatic rings. The van der Waals surface area contributed by atoms with Gasteiger partial charge in [0.25, 0.3) is 6.71 Å². The number of benzene rings is 3. The minimum atomic E-state index is -1.49. The van der Waals surface area contributed by atoms with Crippen molar-refractivity contribution in [1.29, 1.82) is 0 Å². The van der Waals surface area contributed by atoms with Crippen molar-refractivity contribution in [2.75, 3.05) is 23.9 Å². The number of anilines is 4. The zero-order valence-corrected chi connectivity index (χ0v) is 20.4. The molecule has 6 rings (SSSR count). The van der Waals surface area contributed by atoms with Crippen LogP contribution in [0.15, 0.2) is 79.0 Å². The molecule has 168 valence electrons. The molecular formula is C30H30BN3. The number of hydrogen-bond donors (Lipinski definition) is 0. The Bertz CT molecular complexity index is 1500. The van der Waals surface area contributed by atoms with E-state index in [1.165, 1.54) is 33.5 Å². The van der Waals surface area contributed by atoms with E-state index in [0.717, 1.165) is 16.9 Å². The fraction of sp³-hybridized carbons (Fsp3) is 0.233. The van der Waals surface area contributed by atoms with Gasteiger partial charge in [0, 0.05) is 51.3 Å². The average molecular weight is 445 g/mol. The highest BCUT2D eigenvalue weighted by Gasteiger charge is 2.41. The summed E-state index contributed by atoms with van der Waals surface area (Å²) in [7, 11) is 4.27. The van der Waals surface area contributed by atoms with Gasteiger partial charge in [-0.3, -0.25) is 4.98 Å². The van der Waals surface area contributed by atoms with E-state index >= 15 is 0 Å². The third-order valence-corrected chi connectivity index (χ3v) is 6.95. The minimum Gasteiger partial charge on any atom is -0.345 e. The molecule has 0 spiro atoms. The Morgan fingerprint density at radius 3 is 2.15 bits per heavy atom. The standard InChI is InChI=1S/C30H30BN3/c1-30(2,3)19-20-16-17-32-24(18-20)21-14-15-27-28-29(21)34(5)26-13-9-7-11-23(26)31(28)22-10-6-8-12-25(22)33(27)4/h6-18H,19H2,1-5H3/i19D2. The first kappa shape index (κ1) is 18.9. The molecule has 3 heterocycles. The third-order valence-electron chi connectivity index (χ3n) is 6.95. The van der Waals surface area contributed by atoms with Crippen molar-refractivity contribution in [3.05, 3.63) is 84.6 Å². The number of aromatic nitrogens is 1. The van der Waals surface area contributed by atoms with E-state index in [1.54, 1.807) is 6.20 Å². The predicted molar refractivity (Wildman–Crippen MR) is 146 cm³/mol. The Labute approximate surface area is 206 Å². The fourth-order valence-corrected chi connectivity index (χ4v) is 5.63. The third kappa shape index (κ3) is 3.16. The normalized spacial score (nSPS) is 15.3. The lowest BCUT2D eigenvalue weighted by Crippen LogP contribution is -2.61. The zero-order valence-electron chi connectivity index (χ0n) is 22.4. The molecule has 1 aromatic heterocycles. The first-order chi connectivity index (χ1) is 17.1. The molecule has 34 heavy (non-hydrogen) atoms.